The van der Waals surface area contributed by atoms with Crippen molar-refractivity contribution in [3.8, 4) is 5.75 Å². The highest BCUT2D eigenvalue weighted by atomic mass is 35.5. The molecule has 1 aromatic rings. The lowest BCUT2D eigenvalue weighted by Crippen LogP contribution is -2.43. The Morgan fingerprint density at radius 3 is 2.87 bits per heavy atom. The summed E-state index contributed by atoms with van der Waals surface area (Å²) in [5.41, 5.74) is 0.564. The number of halogens is 1. The summed E-state index contributed by atoms with van der Waals surface area (Å²) in [6.45, 7) is 3.21. The molecule has 2 amide bonds. The highest BCUT2D eigenvalue weighted by Gasteiger charge is 2.28. The van der Waals surface area contributed by atoms with Gasteiger partial charge in [-0.3, -0.25) is 9.59 Å². The van der Waals surface area contributed by atoms with E-state index in [1.807, 2.05) is 6.92 Å². The second kappa shape index (κ2) is 8.20. The van der Waals surface area contributed by atoms with Gasteiger partial charge in [-0.15, -0.1) is 0 Å². The second-order valence-electron chi connectivity index (χ2n) is 5.76. The van der Waals surface area contributed by atoms with Crippen molar-refractivity contribution in [2.24, 2.45) is 5.92 Å². The van der Waals surface area contributed by atoms with Crippen LogP contribution in [0.1, 0.15) is 32.6 Å². The molecule has 1 aromatic carbocycles. The first-order valence-electron chi connectivity index (χ1n) is 7.97. The van der Waals surface area contributed by atoms with Crippen LogP contribution < -0.4 is 10.1 Å². The van der Waals surface area contributed by atoms with Gasteiger partial charge in [-0.25, -0.2) is 0 Å². The van der Waals surface area contributed by atoms with Crippen LogP contribution in [0.5, 0.6) is 5.75 Å². The number of hydrogen-bond acceptors (Lipinski definition) is 3. The first-order chi connectivity index (χ1) is 11.0. The lowest BCUT2D eigenvalue weighted by molar-refractivity contribution is -0.134. The number of benzene rings is 1. The SMILES string of the molecule is CCCC(=O)N1CCCC(C(=O)Nc2ccc(OC)cc2Cl)C1. The predicted molar refractivity (Wildman–Crippen MR) is 90.8 cm³/mol. The van der Waals surface area contributed by atoms with Crippen molar-refractivity contribution in [2.45, 2.75) is 32.6 Å². The molecule has 23 heavy (non-hydrogen) atoms. The molecule has 1 unspecified atom stereocenters. The molecule has 1 fully saturated rings. The van der Waals surface area contributed by atoms with Crippen LogP contribution in [0, 0.1) is 5.92 Å². The third-order valence-electron chi connectivity index (χ3n) is 4.04. The van der Waals surface area contributed by atoms with E-state index in [4.69, 9.17) is 16.3 Å². The Morgan fingerprint density at radius 1 is 1.43 bits per heavy atom. The number of rotatable bonds is 5. The van der Waals surface area contributed by atoms with Crippen LogP contribution in [-0.4, -0.2) is 36.9 Å². The fourth-order valence-corrected chi connectivity index (χ4v) is 2.97. The molecule has 1 saturated heterocycles. The molecule has 0 bridgehead atoms. The van der Waals surface area contributed by atoms with Crippen molar-refractivity contribution in [1.82, 2.24) is 4.90 Å². The summed E-state index contributed by atoms with van der Waals surface area (Å²) in [6, 6.07) is 5.14. The topological polar surface area (TPSA) is 58.6 Å². The second-order valence-corrected chi connectivity index (χ2v) is 6.17. The van der Waals surface area contributed by atoms with E-state index in [0.29, 0.717) is 29.4 Å². The molecule has 1 aliphatic heterocycles. The number of ether oxygens (including phenoxy) is 1. The first kappa shape index (κ1) is 17.6. The zero-order valence-corrected chi connectivity index (χ0v) is 14.4. The van der Waals surface area contributed by atoms with Gasteiger partial charge in [0, 0.05) is 25.6 Å². The maximum Gasteiger partial charge on any atom is 0.229 e. The zero-order valence-electron chi connectivity index (χ0n) is 13.6. The molecule has 1 N–H and O–H groups in total. The minimum Gasteiger partial charge on any atom is -0.497 e. The molecular weight excluding hydrogens is 316 g/mol. The van der Waals surface area contributed by atoms with Crippen LogP contribution in [0.25, 0.3) is 0 Å². The molecule has 1 heterocycles. The molecule has 0 saturated carbocycles. The summed E-state index contributed by atoms with van der Waals surface area (Å²) in [4.78, 5) is 26.3. The number of anilines is 1. The van der Waals surface area contributed by atoms with Gasteiger partial charge in [0.05, 0.1) is 23.7 Å². The van der Waals surface area contributed by atoms with Gasteiger partial charge in [0.2, 0.25) is 11.8 Å². The van der Waals surface area contributed by atoms with Crippen molar-refractivity contribution in [3.63, 3.8) is 0 Å². The minimum absolute atomic E-state index is 0.0916. The van der Waals surface area contributed by atoms with E-state index < -0.39 is 0 Å². The van der Waals surface area contributed by atoms with Crippen LogP contribution >= 0.6 is 11.6 Å². The van der Waals surface area contributed by atoms with Gasteiger partial charge in [0.15, 0.2) is 0 Å². The number of hydrogen-bond donors (Lipinski definition) is 1. The molecule has 1 atom stereocenters. The largest absolute Gasteiger partial charge is 0.497 e. The molecule has 5 nitrogen and oxygen atoms in total. The van der Waals surface area contributed by atoms with E-state index in [0.717, 1.165) is 25.8 Å². The number of nitrogens with one attached hydrogen (secondary N) is 1. The normalized spacial score (nSPS) is 17.7. The molecule has 0 spiro atoms. The van der Waals surface area contributed by atoms with Gasteiger partial charge in [-0.1, -0.05) is 18.5 Å². The Hall–Kier alpha value is -1.75. The average Bonchev–Trinajstić information content (AvgIpc) is 2.57. The van der Waals surface area contributed by atoms with Crippen molar-refractivity contribution < 1.29 is 14.3 Å². The van der Waals surface area contributed by atoms with Gasteiger partial charge < -0.3 is 15.0 Å². The number of nitrogens with zero attached hydrogens (tertiary/aromatic N) is 1. The lowest BCUT2D eigenvalue weighted by Gasteiger charge is -2.32. The molecular formula is C17H23ClN2O3. The number of likely N-dealkylation sites (tertiary alicyclic amines) is 1. The molecule has 6 heteroatoms. The van der Waals surface area contributed by atoms with Crippen molar-refractivity contribution >= 4 is 29.1 Å². The quantitative estimate of drug-likeness (QED) is 0.895. The molecule has 0 aromatic heterocycles. The third-order valence-corrected chi connectivity index (χ3v) is 4.36. The fraction of sp³-hybridized carbons (Fsp3) is 0.529. The van der Waals surface area contributed by atoms with Gasteiger partial charge in [-0.05, 0) is 31.4 Å². The van der Waals surface area contributed by atoms with Crippen LogP contribution in [0.15, 0.2) is 18.2 Å². The molecule has 0 radical (unpaired) electrons. The maximum atomic E-state index is 12.5. The fourth-order valence-electron chi connectivity index (χ4n) is 2.75. The highest BCUT2D eigenvalue weighted by molar-refractivity contribution is 6.33. The van der Waals surface area contributed by atoms with Crippen LogP contribution in [0.3, 0.4) is 0 Å². The van der Waals surface area contributed by atoms with Gasteiger partial charge in [0.25, 0.3) is 0 Å². The van der Waals surface area contributed by atoms with E-state index in [-0.39, 0.29) is 17.7 Å². The Kier molecular flexibility index (Phi) is 6.28. The van der Waals surface area contributed by atoms with Gasteiger partial charge in [0.1, 0.15) is 5.75 Å². The summed E-state index contributed by atoms with van der Waals surface area (Å²) < 4.78 is 5.09. The summed E-state index contributed by atoms with van der Waals surface area (Å²) in [5, 5.41) is 3.30. The van der Waals surface area contributed by atoms with Gasteiger partial charge in [-0.2, -0.15) is 0 Å². The summed E-state index contributed by atoms with van der Waals surface area (Å²) in [6.07, 6.45) is 3.01. The van der Waals surface area contributed by atoms with Crippen LogP contribution in [-0.2, 0) is 9.59 Å². The Balaban J connectivity index is 1.98. The van der Waals surface area contributed by atoms with Crippen LogP contribution in [0.4, 0.5) is 5.69 Å². The highest BCUT2D eigenvalue weighted by Crippen LogP contribution is 2.28. The van der Waals surface area contributed by atoms with Crippen molar-refractivity contribution in [3.05, 3.63) is 23.2 Å². The number of carbonyl (C=O) groups excluding carboxylic acids is 2. The van der Waals surface area contributed by atoms with E-state index >= 15 is 0 Å². The maximum absolute atomic E-state index is 12.5. The average molecular weight is 339 g/mol. The van der Waals surface area contributed by atoms with E-state index in [1.54, 1.807) is 30.2 Å². The van der Waals surface area contributed by atoms with E-state index in [2.05, 4.69) is 5.32 Å². The molecule has 126 valence electrons. The standard InChI is InChI=1S/C17H23ClN2O3/c1-3-5-16(21)20-9-4-6-12(11-20)17(22)19-15-8-7-13(23-2)10-14(15)18/h7-8,10,12H,3-6,9,11H2,1-2H3,(H,19,22). The Bertz CT molecular complexity index is 577. The number of methoxy groups -OCH3 is 1. The first-order valence-corrected chi connectivity index (χ1v) is 8.35. The smallest absolute Gasteiger partial charge is 0.229 e. The zero-order chi connectivity index (χ0) is 16.8. The van der Waals surface area contributed by atoms with E-state index in [9.17, 15) is 9.59 Å². The number of amides is 2. The lowest BCUT2D eigenvalue weighted by atomic mass is 9.96. The molecule has 0 aliphatic carbocycles. The van der Waals surface area contributed by atoms with E-state index in [1.165, 1.54) is 0 Å². The summed E-state index contributed by atoms with van der Waals surface area (Å²) >= 11 is 6.15. The Morgan fingerprint density at radius 2 is 2.22 bits per heavy atom. The van der Waals surface area contributed by atoms with Crippen molar-refractivity contribution in [2.75, 3.05) is 25.5 Å². The van der Waals surface area contributed by atoms with Gasteiger partial charge >= 0.3 is 0 Å². The Labute approximate surface area is 141 Å². The molecule has 2 rings (SSSR count). The summed E-state index contributed by atoms with van der Waals surface area (Å²) in [5.74, 6) is 0.489. The van der Waals surface area contributed by atoms with Crippen molar-refractivity contribution in [1.29, 1.82) is 0 Å². The van der Waals surface area contributed by atoms with Crippen LogP contribution in [0.2, 0.25) is 5.02 Å². The summed E-state index contributed by atoms with van der Waals surface area (Å²) in [7, 11) is 1.56. The monoisotopic (exact) mass is 338 g/mol. The number of carbonyl (C=O) groups is 2. The third kappa shape index (κ3) is 4.61. The molecule has 1 aliphatic rings. The number of piperidine rings is 1. The minimum atomic E-state index is -0.192. The predicted octanol–water partition coefficient (Wildman–Crippen LogP) is 3.33.